The second-order valence-corrected chi connectivity index (χ2v) is 9.00. The van der Waals surface area contributed by atoms with E-state index >= 15 is 0 Å². The molecule has 3 aromatic rings. The molecule has 4 amide bonds. The van der Waals surface area contributed by atoms with Crippen LogP contribution < -0.4 is 21.3 Å². The van der Waals surface area contributed by atoms with Crippen molar-refractivity contribution in [3.63, 3.8) is 0 Å². The summed E-state index contributed by atoms with van der Waals surface area (Å²) in [5.74, 6) is -1.87. The van der Waals surface area contributed by atoms with E-state index in [4.69, 9.17) is 0 Å². The average molecular weight is 531 g/mol. The van der Waals surface area contributed by atoms with E-state index in [0.29, 0.717) is 25.1 Å². The summed E-state index contributed by atoms with van der Waals surface area (Å²) in [4.78, 5) is 47.8. The van der Waals surface area contributed by atoms with Crippen molar-refractivity contribution in [1.82, 2.24) is 21.3 Å². The second kappa shape index (κ2) is 15.6. The molecule has 0 heterocycles. The van der Waals surface area contributed by atoms with Crippen LogP contribution in [0.15, 0.2) is 84.9 Å². The molecule has 9 heteroatoms. The fraction of sp³-hybridized carbons (Fsp3) is 0.267. The monoisotopic (exact) mass is 530 g/mol. The summed E-state index contributed by atoms with van der Waals surface area (Å²) in [6, 6.07) is 25.9. The van der Waals surface area contributed by atoms with Crippen molar-refractivity contribution in [3.8, 4) is 11.1 Å². The maximum atomic E-state index is 12.4. The first kappa shape index (κ1) is 28.9. The minimum absolute atomic E-state index is 0.136. The van der Waals surface area contributed by atoms with Gasteiger partial charge in [-0.3, -0.25) is 14.4 Å². The van der Waals surface area contributed by atoms with Crippen molar-refractivity contribution in [2.45, 2.75) is 31.7 Å². The van der Waals surface area contributed by atoms with Gasteiger partial charge in [0.2, 0.25) is 11.8 Å². The van der Waals surface area contributed by atoms with E-state index in [0.717, 1.165) is 23.1 Å². The lowest BCUT2D eigenvalue weighted by Gasteiger charge is -2.18. The van der Waals surface area contributed by atoms with Gasteiger partial charge in [-0.05, 0) is 35.1 Å². The highest BCUT2D eigenvalue weighted by Gasteiger charge is 2.18. The van der Waals surface area contributed by atoms with Crippen LogP contribution in [0.3, 0.4) is 0 Å². The summed E-state index contributed by atoms with van der Waals surface area (Å²) in [5, 5.41) is 20.0. The summed E-state index contributed by atoms with van der Waals surface area (Å²) in [7, 11) is 0. The molecular weight excluding hydrogens is 496 g/mol. The Kier molecular flexibility index (Phi) is 11.5. The maximum absolute atomic E-state index is 12.4. The Labute approximate surface area is 228 Å². The molecule has 0 saturated carbocycles. The van der Waals surface area contributed by atoms with E-state index in [1.807, 2.05) is 72.8 Å². The SMILES string of the molecule is O=C(O)CC(NC(=O)CNC(=O)CCCNC(=O)NCCc1ccccc1)c1ccc(-c2ccccc2)cc1. The van der Waals surface area contributed by atoms with Gasteiger partial charge in [0, 0.05) is 19.5 Å². The number of carbonyl (C=O) groups excluding carboxylic acids is 3. The fourth-order valence-electron chi connectivity index (χ4n) is 3.96. The molecule has 0 fully saturated rings. The van der Waals surface area contributed by atoms with Gasteiger partial charge in [0.25, 0.3) is 0 Å². The number of rotatable bonds is 14. The van der Waals surface area contributed by atoms with Gasteiger partial charge >= 0.3 is 12.0 Å². The smallest absolute Gasteiger partial charge is 0.314 e. The molecule has 0 saturated heterocycles. The number of amides is 4. The predicted molar refractivity (Wildman–Crippen MR) is 149 cm³/mol. The molecule has 3 aromatic carbocycles. The first-order valence-corrected chi connectivity index (χ1v) is 12.9. The van der Waals surface area contributed by atoms with Crippen LogP contribution in [0.2, 0.25) is 0 Å². The number of carboxylic acids is 1. The van der Waals surface area contributed by atoms with Crippen LogP contribution in [0.4, 0.5) is 4.79 Å². The van der Waals surface area contributed by atoms with Crippen LogP contribution >= 0.6 is 0 Å². The molecule has 3 rings (SSSR count). The van der Waals surface area contributed by atoms with Crippen molar-refractivity contribution in [2.24, 2.45) is 0 Å². The Morgan fingerprint density at radius 3 is 1.97 bits per heavy atom. The zero-order valence-electron chi connectivity index (χ0n) is 21.7. The number of hydrogen-bond acceptors (Lipinski definition) is 4. The van der Waals surface area contributed by atoms with E-state index in [-0.39, 0.29) is 31.3 Å². The van der Waals surface area contributed by atoms with Gasteiger partial charge in [-0.1, -0.05) is 84.9 Å². The number of hydrogen-bond donors (Lipinski definition) is 5. The first-order valence-electron chi connectivity index (χ1n) is 12.9. The first-order chi connectivity index (χ1) is 18.9. The number of urea groups is 1. The zero-order chi connectivity index (χ0) is 27.9. The number of carbonyl (C=O) groups is 4. The normalized spacial score (nSPS) is 11.2. The van der Waals surface area contributed by atoms with E-state index in [1.165, 1.54) is 0 Å². The molecule has 5 N–H and O–H groups in total. The van der Waals surface area contributed by atoms with E-state index in [1.54, 1.807) is 12.1 Å². The Hall–Kier alpha value is -4.66. The molecule has 204 valence electrons. The summed E-state index contributed by atoms with van der Waals surface area (Å²) >= 11 is 0. The van der Waals surface area contributed by atoms with Gasteiger partial charge in [0.05, 0.1) is 19.0 Å². The lowest BCUT2D eigenvalue weighted by atomic mass is 9.99. The van der Waals surface area contributed by atoms with Gasteiger partial charge in [-0.15, -0.1) is 0 Å². The summed E-state index contributed by atoms with van der Waals surface area (Å²) in [6.45, 7) is 0.548. The molecule has 39 heavy (non-hydrogen) atoms. The number of aliphatic carboxylic acids is 1. The van der Waals surface area contributed by atoms with E-state index in [2.05, 4.69) is 21.3 Å². The standard InChI is InChI=1S/C30H34N4O5/c35-27(12-7-18-31-30(39)32-19-17-22-8-3-1-4-9-22)33-21-28(36)34-26(20-29(37)38)25-15-13-24(14-16-25)23-10-5-2-6-11-23/h1-6,8-11,13-16,26H,7,12,17-21H2,(H,33,35)(H,34,36)(H,37,38)(H2,31,32,39). The molecule has 0 spiro atoms. The largest absolute Gasteiger partial charge is 0.481 e. The Morgan fingerprint density at radius 1 is 0.692 bits per heavy atom. The topological polar surface area (TPSA) is 137 Å². The van der Waals surface area contributed by atoms with Gasteiger partial charge in [-0.2, -0.15) is 0 Å². The zero-order valence-corrected chi connectivity index (χ0v) is 21.7. The molecule has 0 aromatic heterocycles. The highest BCUT2D eigenvalue weighted by atomic mass is 16.4. The molecule has 0 aliphatic carbocycles. The van der Waals surface area contributed by atoms with Crippen molar-refractivity contribution < 1.29 is 24.3 Å². The van der Waals surface area contributed by atoms with Gasteiger partial charge < -0.3 is 26.4 Å². The third-order valence-corrected chi connectivity index (χ3v) is 5.99. The minimum atomic E-state index is -1.05. The summed E-state index contributed by atoms with van der Waals surface area (Å²) in [5.41, 5.74) is 3.80. The highest BCUT2D eigenvalue weighted by Crippen LogP contribution is 2.23. The lowest BCUT2D eigenvalue weighted by Crippen LogP contribution is -2.40. The second-order valence-electron chi connectivity index (χ2n) is 9.00. The molecule has 0 aliphatic rings. The molecule has 0 bridgehead atoms. The van der Waals surface area contributed by atoms with E-state index < -0.39 is 17.9 Å². The Bertz CT molecular complexity index is 1220. The maximum Gasteiger partial charge on any atom is 0.314 e. The Morgan fingerprint density at radius 2 is 1.31 bits per heavy atom. The molecule has 0 aliphatic heterocycles. The fourth-order valence-corrected chi connectivity index (χ4v) is 3.96. The minimum Gasteiger partial charge on any atom is -0.481 e. The Balaban J connectivity index is 1.35. The lowest BCUT2D eigenvalue weighted by molar-refractivity contribution is -0.138. The van der Waals surface area contributed by atoms with Crippen molar-refractivity contribution in [3.05, 3.63) is 96.1 Å². The van der Waals surface area contributed by atoms with Crippen LogP contribution in [-0.4, -0.2) is 48.6 Å². The number of nitrogens with one attached hydrogen (secondary N) is 4. The molecular formula is C30H34N4O5. The highest BCUT2D eigenvalue weighted by molar-refractivity contribution is 5.85. The van der Waals surface area contributed by atoms with Crippen LogP contribution in [0, 0.1) is 0 Å². The summed E-state index contributed by atoms with van der Waals surface area (Å²) < 4.78 is 0. The number of benzene rings is 3. The van der Waals surface area contributed by atoms with Gasteiger partial charge in [-0.25, -0.2) is 4.79 Å². The van der Waals surface area contributed by atoms with Crippen LogP contribution in [0.5, 0.6) is 0 Å². The van der Waals surface area contributed by atoms with Crippen LogP contribution in [-0.2, 0) is 20.8 Å². The van der Waals surface area contributed by atoms with Crippen LogP contribution in [0.1, 0.15) is 36.4 Å². The van der Waals surface area contributed by atoms with Gasteiger partial charge in [0.15, 0.2) is 0 Å². The number of carboxylic acid groups (broad SMARTS) is 1. The van der Waals surface area contributed by atoms with Crippen molar-refractivity contribution in [2.75, 3.05) is 19.6 Å². The molecule has 1 unspecified atom stereocenters. The quantitative estimate of drug-likeness (QED) is 0.204. The van der Waals surface area contributed by atoms with Crippen molar-refractivity contribution in [1.29, 1.82) is 0 Å². The molecule has 0 radical (unpaired) electrons. The van der Waals surface area contributed by atoms with Gasteiger partial charge in [0.1, 0.15) is 0 Å². The molecule has 9 nitrogen and oxygen atoms in total. The predicted octanol–water partition coefficient (Wildman–Crippen LogP) is 3.42. The van der Waals surface area contributed by atoms with Crippen molar-refractivity contribution >= 4 is 23.8 Å². The molecule has 1 atom stereocenters. The van der Waals surface area contributed by atoms with Crippen LogP contribution in [0.25, 0.3) is 11.1 Å². The average Bonchev–Trinajstić information content (AvgIpc) is 2.95. The summed E-state index contributed by atoms with van der Waals surface area (Å²) in [6.07, 6.45) is 0.987. The van der Waals surface area contributed by atoms with E-state index in [9.17, 15) is 24.3 Å². The third kappa shape index (κ3) is 10.7. The third-order valence-electron chi connectivity index (χ3n) is 5.99.